The Morgan fingerprint density at radius 1 is 1.24 bits per heavy atom. The second kappa shape index (κ2) is 12.6. The lowest BCUT2D eigenvalue weighted by Crippen LogP contribution is -2.37. The number of nitrogens with zero attached hydrogens (tertiary/aromatic N) is 3. The molecule has 0 amide bonds. The molecule has 0 bridgehead atoms. The number of hydrogen-bond donors (Lipinski definition) is 2. The van der Waals surface area contributed by atoms with Gasteiger partial charge in [-0.15, -0.1) is 0 Å². The second-order valence-electron chi connectivity index (χ2n) is 7.94. The molecule has 1 aromatic heterocycles. The summed E-state index contributed by atoms with van der Waals surface area (Å²) in [7, 11) is 1.80. The van der Waals surface area contributed by atoms with Gasteiger partial charge in [-0.2, -0.15) is 0 Å². The van der Waals surface area contributed by atoms with Crippen LogP contribution in [0.25, 0.3) is 0 Å². The highest BCUT2D eigenvalue weighted by Crippen LogP contribution is 2.17. The Balaban J connectivity index is 1.30. The van der Waals surface area contributed by atoms with Gasteiger partial charge in [-0.25, -0.2) is 4.98 Å². The van der Waals surface area contributed by atoms with Gasteiger partial charge in [-0.1, -0.05) is 18.9 Å². The van der Waals surface area contributed by atoms with Crippen molar-refractivity contribution in [1.82, 2.24) is 15.6 Å². The molecule has 1 atom stereocenters. The zero-order chi connectivity index (χ0) is 20.2. The maximum atomic E-state index is 5.74. The number of aliphatic imine (C=N–C) groups is 1. The standard InChI is InChI=1S/C22H37N5O2/c1-23-22(24-10-6-13-28-17-20-9-14-29-18-20)26-16-19-7-8-21(25-15-19)27-11-4-2-3-5-12-27/h7-8,15,20H,2-6,9-14,16-18H2,1H3,(H2,23,24,26). The summed E-state index contributed by atoms with van der Waals surface area (Å²) >= 11 is 0. The van der Waals surface area contributed by atoms with Gasteiger partial charge in [0.25, 0.3) is 0 Å². The molecule has 3 rings (SSSR count). The van der Waals surface area contributed by atoms with E-state index < -0.39 is 0 Å². The molecule has 7 nitrogen and oxygen atoms in total. The lowest BCUT2D eigenvalue weighted by atomic mass is 10.1. The van der Waals surface area contributed by atoms with Crippen LogP contribution in [0.3, 0.4) is 0 Å². The van der Waals surface area contributed by atoms with Crippen molar-refractivity contribution in [2.24, 2.45) is 10.9 Å². The van der Waals surface area contributed by atoms with E-state index in [2.05, 4.69) is 37.6 Å². The van der Waals surface area contributed by atoms with Crippen LogP contribution in [0.4, 0.5) is 5.82 Å². The zero-order valence-corrected chi connectivity index (χ0v) is 17.9. The molecule has 0 radical (unpaired) electrons. The predicted octanol–water partition coefficient (Wildman–Crippen LogP) is 2.57. The highest BCUT2D eigenvalue weighted by Gasteiger charge is 2.15. The van der Waals surface area contributed by atoms with E-state index in [9.17, 15) is 0 Å². The van der Waals surface area contributed by atoms with E-state index in [0.29, 0.717) is 12.5 Å². The average molecular weight is 404 g/mol. The van der Waals surface area contributed by atoms with E-state index in [1.807, 2.05) is 6.20 Å². The Bertz CT molecular complexity index is 594. The molecule has 29 heavy (non-hydrogen) atoms. The van der Waals surface area contributed by atoms with E-state index in [-0.39, 0.29) is 0 Å². The number of rotatable bonds is 9. The minimum Gasteiger partial charge on any atom is -0.381 e. The largest absolute Gasteiger partial charge is 0.381 e. The van der Waals surface area contributed by atoms with Crippen LogP contribution in [-0.4, -0.2) is 64.1 Å². The van der Waals surface area contributed by atoms with Gasteiger partial charge in [0.05, 0.1) is 13.2 Å². The smallest absolute Gasteiger partial charge is 0.191 e. The van der Waals surface area contributed by atoms with Gasteiger partial charge in [0, 0.05) is 58.6 Å². The SMILES string of the molecule is CN=C(NCCCOCC1CCOC1)NCc1ccc(N2CCCCCC2)nc1. The van der Waals surface area contributed by atoms with Crippen molar-refractivity contribution in [3.8, 4) is 0 Å². The number of hydrogen-bond acceptors (Lipinski definition) is 5. The van der Waals surface area contributed by atoms with E-state index in [0.717, 1.165) is 76.2 Å². The van der Waals surface area contributed by atoms with Crippen molar-refractivity contribution >= 4 is 11.8 Å². The first kappa shape index (κ1) is 21.8. The third kappa shape index (κ3) is 7.82. The molecular formula is C22H37N5O2. The number of anilines is 1. The summed E-state index contributed by atoms with van der Waals surface area (Å²) in [5.74, 6) is 2.49. The molecular weight excluding hydrogens is 366 g/mol. The minimum atomic E-state index is 0.580. The molecule has 162 valence electrons. The summed E-state index contributed by atoms with van der Waals surface area (Å²) in [6.07, 6.45) is 9.28. The van der Waals surface area contributed by atoms with Crippen molar-refractivity contribution in [2.75, 3.05) is 58.0 Å². The summed E-state index contributed by atoms with van der Waals surface area (Å²) < 4.78 is 11.1. The van der Waals surface area contributed by atoms with Gasteiger partial charge in [-0.05, 0) is 37.3 Å². The number of guanidine groups is 1. The number of aromatic nitrogens is 1. The molecule has 2 saturated heterocycles. The first-order valence-corrected chi connectivity index (χ1v) is 11.1. The van der Waals surface area contributed by atoms with Gasteiger partial charge < -0.3 is 25.0 Å². The van der Waals surface area contributed by atoms with Gasteiger partial charge in [-0.3, -0.25) is 4.99 Å². The Hall–Kier alpha value is -1.86. The number of pyridine rings is 1. The van der Waals surface area contributed by atoms with Crippen LogP contribution in [0.5, 0.6) is 0 Å². The van der Waals surface area contributed by atoms with E-state index >= 15 is 0 Å². The summed E-state index contributed by atoms with van der Waals surface area (Å²) in [5.41, 5.74) is 1.16. The Kier molecular flexibility index (Phi) is 9.53. The fourth-order valence-corrected chi connectivity index (χ4v) is 3.76. The molecule has 2 aliphatic heterocycles. The molecule has 2 N–H and O–H groups in total. The summed E-state index contributed by atoms with van der Waals surface area (Å²) in [6.45, 7) is 7.11. The molecule has 7 heteroatoms. The quantitative estimate of drug-likeness (QED) is 0.375. The number of ether oxygens (including phenoxy) is 2. The van der Waals surface area contributed by atoms with Crippen molar-refractivity contribution in [3.05, 3.63) is 23.9 Å². The van der Waals surface area contributed by atoms with Crippen molar-refractivity contribution in [1.29, 1.82) is 0 Å². The molecule has 0 saturated carbocycles. The first-order valence-electron chi connectivity index (χ1n) is 11.1. The van der Waals surface area contributed by atoms with Crippen molar-refractivity contribution in [2.45, 2.75) is 45.1 Å². The monoisotopic (exact) mass is 403 g/mol. The summed E-state index contributed by atoms with van der Waals surface area (Å²) in [6, 6.07) is 4.30. The van der Waals surface area contributed by atoms with Gasteiger partial charge in [0.15, 0.2) is 5.96 Å². The number of nitrogens with one attached hydrogen (secondary N) is 2. The van der Waals surface area contributed by atoms with Crippen LogP contribution in [0, 0.1) is 5.92 Å². The maximum Gasteiger partial charge on any atom is 0.191 e. The minimum absolute atomic E-state index is 0.580. The van der Waals surface area contributed by atoms with Gasteiger partial charge in [0.2, 0.25) is 0 Å². The molecule has 1 aromatic rings. The van der Waals surface area contributed by atoms with Crippen molar-refractivity contribution < 1.29 is 9.47 Å². The topological polar surface area (TPSA) is 71.0 Å². The van der Waals surface area contributed by atoms with E-state index in [1.54, 1.807) is 7.05 Å². The van der Waals surface area contributed by atoms with Crippen LogP contribution in [0.1, 0.15) is 44.1 Å². The third-order valence-corrected chi connectivity index (χ3v) is 5.56. The highest BCUT2D eigenvalue weighted by atomic mass is 16.5. The average Bonchev–Trinajstić information content (AvgIpc) is 3.13. The second-order valence-corrected chi connectivity index (χ2v) is 7.94. The van der Waals surface area contributed by atoms with Crippen LogP contribution in [0.2, 0.25) is 0 Å². The molecule has 0 aliphatic carbocycles. The Morgan fingerprint density at radius 3 is 2.79 bits per heavy atom. The predicted molar refractivity (Wildman–Crippen MR) is 117 cm³/mol. The Morgan fingerprint density at radius 2 is 2.10 bits per heavy atom. The molecule has 0 spiro atoms. The van der Waals surface area contributed by atoms with Crippen LogP contribution in [-0.2, 0) is 16.0 Å². The van der Waals surface area contributed by atoms with Crippen LogP contribution in [0.15, 0.2) is 23.3 Å². The molecule has 1 unspecified atom stereocenters. The molecule has 2 aliphatic rings. The fraction of sp³-hybridized carbons (Fsp3) is 0.727. The highest BCUT2D eigenvalue weighted by molar-refractivity contribution is 5.79. The van der Waals surface area contributed by atoms with Crippen LogP contribution < -0.4 is 15.5 Å². The summed E-state index contributed by atoms with van der Waals surface area (Å²) in [4.78, 5) is 11.4. The normalized spacial score (nSPS) is 20.5. The first-order chi connectivity index (χ1) is 14.3. The Labute approximate surface area is 175 Å². The molecule has 0 aromatic carbocycles. The van der Waals surface area contributed by atoms with Gasteiger partial charge >= 0.3 is 0 Å². The third-order valence-electron chi connectivity index (χ3n) is 5.56. The zero-order valence-electron chi connectivity index (χ0n) is 17.9. The molecule has 3 heterocycles. The lowest BCUT2D eigenvalue weighted by Gasteiger charge is -2.21. The van der Waals surface area contributed by atoms with Gasteiger partial charge in [0.1, 0.15) is 5.82 Å². The summed E-state index contributed by atoms with van der Waals surface area (Å²) in [5, 5.41) is 6.70. The van der Waals surface area contributed by atoms with Crippen LogP contribution >= 0.6 is 0 Å². The fourth-order valence-electron chi connectivity index (χ4n) is 3.76. The van der Waals surface area contributed by atoms with E-state index in [1.165, 1.54) is 25.7 Å². The van der Waals surface area contributed by atoms with Crippen molar-refractivity contribution in [3.63, 3.8) is 0 Å². The maximum absolute atomic E-state index is 5.74. The van der Waals surface area contributed by atoms with E-state index in [4.69, 9.17) is 9.47 Å². The lowest BCUT2D eigenvalue weighted by molar-refractivity contribution is 0.0888. The molecule has 2 fully saturated rings.